The van der Waals surface area contributed by atoms with Crippen molar-refractivity contribution in [3.8, 4) is 11.5 Å². The quantitative estimate of drug-likeness (QED) is 0.780. The lowest BCUT2D eigenvalue weighted by Crippen LogP contribution is -2.48. The van der Waals surface area contributed by atoms with E-state index in [1.807, 2.05) is 48.5 Å². The number of hydrogen-bond acceptors (Lipinski definition) is 4. The van der Waals surface area contributed by atoms with E-state index in [0.717, 1.165) is 24.0 Å². The fourth-order valence-electron chi connectivity index (χ4n) is 3.64. The molecule has 154 valence electrons. The molecule has 2 aromatic rings. The highest BCUT2D eigenvalue weighted by Gasteiger charge is 2.31. The molecule has 1 unspecified atom stereocenters. The molecule has 29 heavy (non-hydrogen) atoms. The van der Waals surface area contributed by atoms with Gasteiger partial charge in [0.05, 0.1) is 14.2 Å². The topological polar surface area (TPSA) is 67.9 Å². The minimum atomic E-state index is -0.453. The summed E-state index contributed by atoms with van der Waals surface area (Å²) in [6, 6.07) is 14.9. The van der Waals surface area contributed by atoms with Crippen LogP contribution in [0.4, 0.5) is 0 Å². The van der Waals surface area contributed by atoms with Gasteiger partial charge in [-0.1, -0.05) is 42.8 Å². The lowest BCUT2D eigenvalue weighted by molar-refractivity contribution is -0.140. The van der Waals surface area contributed by atoms with Gasteiger partial charge in [0.15, 0.2) is 11.5 Å². The molecule has 3 rings (SSSR count). The van der Waals surface area contributed by atoms with E-state index in [-0.39, 0.29) is 11.8 Å². The summed E-state index contributed by atoms with van der Waals surface area (Å²) < 4.78 is 10.6. The monoisotopic (exact) mass is 396 g/mol. The van der Waals surface area contributed by atoms with Gasteiger partial charge in [0.2, 0.25) is 11.8 Å². The Morgan fingerprint density at radius 2 is 1.79 bits per heavy atom. The number of likely N-dealkylation sites (tertiary alicyclic amines) is 1. The number of nitrogens with zero attached hydrogens (tertiary/aromatic N) is 1. The molecule has 2 aromatic carbocycles. The first-order valence-electron chi connectivity index (χ1n) is 9.94. The molecule has 0 spiro atoms. The summed E-state index contributed by atoms with van der Waals surface area (Å²) in [7, 11) is 3.17. The third kappa shape index (κ3) is 5.28. The Morgan fingerprint density at radius 3 is 2.52 bits per heavy atom. The molecule has 1 heterocycles. The van der Waals surface area contributed by atoms with Crippen LogP contribution >= 0.6 is 0 Å². The highest BCUT2D eigenvalue weighted by Crippen LogP contribution is 2.27. The predicted molar refractivity (Wildman–Crippen MR) is 111 cm³/mol. The molecule has 0 aliphatic carbocycles. The molecule has 6 heteroatoms. The summed E-state index contributed by atoms with van der Waals surface area (Å²) in [5, 5.41) is 2.99. The first-order valence-corrected chi connectivity index (χ1v) is 9.94. The first-order chi connectivity index (χ1) is 14.1. The van der Waals surface area contributed by atoms with Crippen LogP contribution in [-0.4, -0.2) is 37.0 Å². The second-order valence-electron chi connectivity index (χ2n) is 7.18. The van der Waals surface area contributed by atoms with Crippen molar-refractivity contribution >= 4 is 11.8 Å². The van der Waals surface area contributed by atoms with E-state index in [1.165, 1.54) is 0 Å². The molecule has 1 fully saturated rings. The summed E-state index contributed by atoms with van der Waals surface area (Å²) in [6.07, 6.45) is 2.86. The minimum absolute atomic E-state index is 0.0395. The zero-order valence-electron chi connectivity index (χ0n) is 17.0. The van der Waals surface area contributed by atoms with Crippen LogP contribution in [0.1, 0.15) is 36.8 Å². The van der Waals surface area contributed by atoms with E-state index in [9.17, 15) is 9.59 Å². The standard InChI is InChI=1S/C23H28N2O4/c1-28-20-13-12-18(14-21(20)29-2)15-24-23(27)19-10-6-7-11-22(26)25(19)16-17-8-4-3-5-9-17/h3-5,8-9,12-14,19H,6-7,10-11,15-16H2,1-2H3,(H,24,27). The second kappa shape index (κ2) is 9.96. The molecule has 0 radical (unpaired) electrons. The summed E-state index contributed by atoms with van der Waals surface area (Å²) in [4.78, 5) is 27.4. The van der Waals surface area contributed by atoms with Crippen molar-refractivity contribution in [2.75, 3.05) is 14.2 Å². The molecular formula is C23H28N2O4. The molecule has 1 N–H and O–H groups in total. The Balaban J connectivity index is 1.70. The molecule has 1 aliphatic heterocycles. The zero-order chi connectivity index (χ0) is 20.6. The number of carbonyl (C=O) groups excluding carboxylic acids is 2. The number of rotatable bonds is 7. The van der Waals surface area contributed by atoms with Gasteiger partial charge >= 0.3 is 0 Å². The van der Waals surface area contributed by atoms with Crippen LogP contribution in [0.3, 0.4) is 0 Å². The molecular weight excluding hydrogens is 368 g/mol. The number of ether oxygens (including phenoxy) is 2. The maximum atomic E-state index is 13.0. The van der Waals surface area contributed by atoms with Crippen molar-refractivity contribution in [2.24, 2.45) is 0 Å². The normalized spacial score (nSPS) is 16.8. The zero-order valence-corrected chi connectivity index (χ0v) is 17.0. The smallest absolute Gasteiger partial charge is 0.243 e. The minimum Gasteiger partial charge on any atom is -0.493 e. The maximum absolute atomic E-state index is 13.0. The van der Waals surface area contributed by atoms with Gasteiger partial charge in [-0.25, -0.2) is 0 Å². The van der Waals surface area contributed by atoms with E-state index in [2.05, 4.69) is 5.32 Å². The van der Waals surface area contributed by atoms with E-state index >= 15 is 0 Å². The van der Waals surface area contributed by atoms with Gasteiger partial charge in [0, 0.05) is 19.5 Å². The molecule has 6 nitrogen and oxygen atoms in total. The molecule has 0 aromatic heterocycles. The summed E-state index contributed by atoms with van der Waals surface area (Å²) >= 11 is 0. The molecule has 0 bridgehead atoms. The lowest BCUT2D eigenvalue weighted by atomic mass is 10.1. The fourth-order valence-corrected chi connectivity index (χ4v) is 3.64. The van der Waals surface area contributed by atoms with E-state index in [0.29, 0.717) is 37.4 Å². The van der Waals surface area contributed by atoms with Gasteiger partial charge in [-0.2, -0.15) is 0 Å². The average Bonchev–Trinajstić information content (AvgIpc) is 2.94. The predicted octanol–water partition coefficient (Wildman–Crippen LogP) is 3.29. The van der Waals surface area contributed by atoms with Crippen LogP contribution in [0.15, 0.2) is 48.5 Å². The molecule has 0 saturated carbocycles. The van der Waals surface area contributed by atoms with Gasteiger partial charge in [0.1, 0.15) is 6.04 Å². The number of hydrogen-bond donors (Lipinski definition) is 1. The van der Waals surface area contributed by atoms with Crippen LogP contribution in [0.5, 0.6) is 11.5 Å². The Kier molecular flexibility index (Phi) is 7.11. The van der Waals surface area contributed by atoms with Gasteiger partial charge in [-0.05, 0) is 36.1 Å². The third-order valence-electron chi connectivity index (χ3n) is 5.23. The third-order valence-corrected chi connectivity index (χ3v) is 5.23. The number of nitrogens with one attached hydrogen (secondary N) is 1. The lowest BCUT2D eigenvalue weighted by Gasteiger charge is -2.29. The highest BCUT2D eigenvalue weighted by atomic mass is 16.5. The van der Waals surface area contributed by atoms with Crippen LogP contribution in [0.25, 0.3) is 0 Å². The van der Waals surface area contributed by atoms with Crippen LogP contribution in [0.2, 0.25) is 0 Å². The molecule has 1 saturated heterocycles. The number of carbonyl (C=O) groups is 2. The van der Waals surface area contributed by atoms with Crippen molar-refractivity contribution in [3.05, 3.63) is 59.7 Å². The van der Waals surface area contributed by atoms with E-state index in [1.54, 1.807) is 19.1 Å². The van der Waals surface area contributed by atoms with Crippen molar-refractivity contribution < 1.29 is 19.1 Å². The van der Waals surface area contributed by atoms with Crippen molar-refractivity contribution in [1.82, 2.24) is 10.2 Å². The van der Waals surface area contributed by atoms with Gasteiger partial charge < -0.3 is 19.7 Å². The fraction of sp³-hybridized carbons (Fsp3) is 0.391. The number of methoxy groups -OCH3 is 2. The number of amides is 2. The van der Waals surface area contributed by atoms with Crippen LogP contribution in [0, 0.1) is 0 Å². The Hall–Kier alpha value is -3.02. The van der Waals surface area contributed by atoms with Gasteiger partial charge in [-0.15, -0.1) is 0 Å². The largest absolute Gasteiger partial charge is 0.493 e. The summed E-state index contributed by atoms with van der Waals surface area (Å²) in [6.45, 7) is 0.817. The van der Waals surface area contributed by atoms with E-state index in [4.69, 9.17) is 9.47 Å². The Morgan fingerprint density at radius 1 is 1.03 bits per heavy atom. The highest BCUT2D eigenvalue weighted by molar-refractivity contribution is 5.88. The van der Waals surface area contributed by atoms with Crippen LogP contribution < -0.4 is 14.8 Å². The molecule has 1 atom stereocenters. The second-order valence-corrected chi connectivity index (χ2v) is 7.18. The summed E-state index contributed by atoms with van der Waals surface area (Å²) in [5.41, 5.74) is 1.94. The summed E-state index contributed by atoms with van der Waals surface area (Å²) in [5.74, 6) is 1.18. The van der Waals surface area contributed by atoms with E-state index < -0.39 is 6.04 Å². The maximum Gasteiger partial charge on any atom is 0.243 e. The van der Waals surface area contributed by atoms with Crippen molar-refractivity contribution in [2.45, 2.75) is 44.8 Å². The van der Waals surface area contributed by atoms with Gasteiger partial charge in [-0.3, -0.25) is 9.59 Å². The van der Waals surface area contributed by atoms with Gasteiger partial charge in [0.25, 0.3) is 0 Å². The van der Waals surface area contributed by atoms with Crippen LogP contribution in [-0.2, 0) is 22.7 Å². The number of benzene rings is 2. The first kappa shape index (κ1) is 20.7. The van der Waals surface area contributed by atoms with Crippen molar-refractivity contribution in [1.29, 1.82) is 0 Å². The Labute approximate surface area is 171 Å². The Bertz CT molecular complexity index is 838. The molecule has 1 aliphatic rings. The van der Waals surface area contributed by atoms with Crippen molar-refractivity contribution in [3.63, 3.8) is 0 Å². The average molecular weight is 396 g/mol. The SMILES string of the molecule is COc1ccc(CNC(=O)C2CCCCC(=O)N2Cc2ccccc2)cc1OC. The molecule has 2 amide bonds.